The van der Waals surface area contributed by atoms with Crippen molar-refractivity contribution < 1.29 is 17.6 Å². The summed E-state index contributed by atoms with van der Waals surface area (Å²) in [6.45, 7) is 0. The van der Waals surface area contributed by atoms with Gasteiger partial charge < -0.3 is 5.73 Å². The zero-order valence-corrected chi connectivity index (χ0v) is 7.15. The molecule has 13 heavy (non-hydrogen) atoms. The van der Waals surface area contributed by atoms with Crippen LogP contribution in [0.4, 0.5) is 17.6 Å². The maximum atomic E-state index is 12.6. The summed E-state index contributed by atoms with van der Waals surface area (Å²) in [7, 11) is 0. The van der Waals surface area contributed by atoms with E-state index < -0.39 is 18.4 Å². The van der Waals surface area contributed by atoms with Gasteiger partial charge in [0, 0.05) is 12.8 Å². The lowest BCUT2D eigenvalue weighted by Crippen LogP contribution is -2.30. The van der Waals surface area contributed by atoms with Crippen molar-refractivity contribution in [3.8, 4) is 0 Å². The van der Waals surface area contributed by atoms with Crippen LogP contribution in [0.5, 0.6) is 0 Å². The first kappa shape index (κ1) is 10.8. The highest BCUT2D eigenvalue weighted by molar-refractivity contribution is 4.83. The first-order valence-electron chi connectivity index (χ1n) is 4.32. The molecule has 2 unspecified atom stereocenters. The van der Waals surface area contributed by atoms with E-state index in [4.69, 9.17) is 5.73 Å². The van der Waals surface area contributed by atoms with Gasteiger partial charge in [-0.05, 0) is 18.8 Å². The summed E-state index contributed by atoms with van der Waals surface area (Å²) < 4.78 is 49.2. The molecule has 0 radical (unpaired) electrons. The van der Waals surface area contributed by atoms with Gasteiger partial charge in [0.2, 0.25) is 5.92 Å². The van der Waals surface area contributed by atoms with Crippen LogP contribution in [0.15, 0.2) is 0 Å². The summed E-state index contributed by atoms with van der Waals surface area (Å²) in [5.74, 6) is -2.99. The molecule has 0 spiro atoms. The van der Waals surface area contributed by atoms with E-state index in [2.05, 4.69) is 0 Å². The molecule has 0 aliphatic heterocycles. The summed E-state index contributed by atoms with van der Waals surface area (Å²) in [4.78, 5) is 0. The van der Waals surface area contributed by atoms with Gasteiger partial charge in [-0.25, -0.2) is 17.6 Å². The first-order valence-corrected chi connectivity index (χ1v) is 4.32. The Morgan fingerprint density at radius 2 is 2.00 bits per heavy atom. The molecule has 0 amide bonds. The minimum atomic E-state index is -2.66. The normalized spacial score (nSPS) is 29.5. The Hall–Kier alpha value is -0.320. The number of hydrogen-bond donors (Lipinski definition) is 1. The predicted octanol–water partition coefficient (Wildman–Crippen LogP) is 2.40. The van der Waals surface area contributed by atoms with Crippen LogP contribution in [0.25, 0.3) is 0 Å². The van der Waals surface area contributed by atoms with Crippen molar-refractivity contribution >= 4 is 0 Å². The topological polar surface area (TPSA) is 26.0 Å². The Kier molecular flexibility index (Phi) is 3.16. The molecule has 0 heterocycles. The molecule has 1 aliphatic rings. The second kappa shape index (κ2) is 3.82. The SMILES string of the molecule is NC(CC1CCC(F)(F)C1)C(F)F. The number of alkyl halides is 4. The van der Waals surface area contributed by atoms with Crippen LogP contribution in [-0.4, -0.2) is 18.4 Å². The smallest absolute Gasteiger partial charge is 0.253 e. The monoisotopic (exact) mass is 199 g/mol. The molecule has 0 aromatic carbocycles. The molecule has 1 saturated carbocycles. The van der Waals surface area contributed by atoms with Crippen molar-refractivity contribution in [2.24, 2.45) is 11.7 Å². The minimum absolute atomic E-state index is 0.00720. The van der Waals surface area contributed by atoms with Crippen LogP contribution < -0.4 is 5.73 Å². The lowest BCUT2D eigenvalue weighted by Gasteiger charge is -2.15. The molecule has 1 aliphatic carbocycles. The highest BCUT2D eigenvalue weighted by atomic mass is 19.3. The third-order valence-electron chi connectivity index (χ3n) is 2.43. The van der Waals surface area contributed by atoms with Crippen molar-refractivity contribution in [1.29, 1.82) is 0 Å². The molecule has 0 aromatic heterocycles. The van der Waals surface area contributed by atoms with E-state index in [1.165, 1.54) is 0 Å². The standard InChI is InChI=1S/C8H13F4N/c9-7(10)6(13)3-5-1-2-8(11,12)4-5/h5-7H,1-4,13H2. The largest absolute Gasteiger partial charge is 0.323 e. The third kappa shape index (κ3) is 3.14. The molecule has 1 nitrogen and oxygen atoms in total. The molecule has 78 valence electrons. The lowest BCUT2D eigenvalue weighted by molar-refractivity contribution is 0.00313. The lowest BCUT2D eigenvalue weighted by atomic mass is 9.99. The van der Waals surface area contributed by atoms with E-state index in [0.717, 1.165) is 0 Å². The average Bonchev–Trinajstić information content (AvgIpc) is 2.30. The fraction of sp³-hybridized carbons (Fsp3) is 1.00. The second-order valence-electron chi connectivity index (χ2n) is 3.70. The van der Waals surface area contributed by atoms with E-state index >= 15 is 0 Å². The van der Waals surface area contributed by atoms with E-state index in [0.29, 0.717) is 6.42 Å². The molecular weight excluding hydrogens is 186 g/mol. The summed E-state index contributed by atoms with van der Waals surface area (Å²) in [6.07, 6.45) is -2.75. The van der Waals surface area contributed by atoms with E-state index in [-0.39, 0.29) is 25.2 Å². The van der Waals surface area contributed by atoms with Crippen molar-refractivity contribution in [3.05, 3.63) is 0 Å². The van der Waals surface area contributed by atoms with Gasteiger partial charge in [0.15, 0.2) is 0 Å². The van der Waals surface area contributed by atoms with Crippen LogP contribution >= 0.6 is 0 Å². The Labute approximate surface area is 74.3 Å². The van der Waals surface area contributed by atoms with E-state index in [9.17, 15) is 17.6 Å². The maximum Gasteiger partial charge on any atom is 0.253 e. The van der Waals surface area contributed by atoms with Crippen molar-refractivity contribution in [1.82, 2.24) is 0 Å². The molecule has 0 aromatic rings. The Balaban J connectivity index is 2.32. The fourth-order valence-corrected chi connectivity index (χ4v) is 1.73. The van der Waals surface area contributed by atoms with Gasteiger partial charge in [-0.2, -0.15) is 0 Å². The predicted molar refractivity (Wildman–Crippen MR) is 40.9 cm³/mol. The highest BCUT2D eigenvalue weighted by Gasteiger charge is 2.40. The number of rotatable bonds is 3. The Bertz CT molecular complexity index is 172. The van der Waals surface area contributed by atoms with Gasteiger partial charge in [0.25, 0.3) is 6.43 Å². The minimum Gasteiger partial charge on any atom is -0.323 e. The van der Waals surface area contributed by atoms with Crippen molar-refractivity contribution in [2.45, 2.75) is 44.1 Å². The number of halogens is 4. The molecule has 1 fully saturated rings. The molecule has 0 bridgehead atoms. The Morgan fingerprint density at radius 1 is 1.38 bits per heavy atom. The van der Waals surface area contributed by atoms with Crippen molar-refractivity contribution in [2.75, 3.05) is 0 Å². The number of hydrogen-bond acceptors (Lipinski definition) is 1. The number of nitrogens with two attached hydrogens (primary N) is 1. The first-order chi connectivity index (χ1) is 5.91. The van der Waals surface area contributed by atoms with Gasteiger partial charge in [0.1, 0.15) is 0 Å². The quantitative estimate of drug-likeness (QED) is 0.694. The molecule has 2 atom stereocenters. The summed E-state index contributed by atoms with van der Waals surface area (Å²) in [5.41, 5.74) is 5.09. The zero-order chi connectivity index (χ0) is 10.1. The van der Waals surface area contributed by atoms with Gasteiger partial charge in [-0.1, -0.05) is 0 Å². The maximum absolute atomic E-state index is 12.6. The summed E-state index contributed by atoms with van der Waals surface area (Å²) >= 11 is 0. The summed E-state index contributed by atoms with van der Waals surface area (Å²) in [5, 5.41) is 0. The Morgan fingerprint density at radius 3 is 2.38 bits per heavy atom. The van der Waals surface area contributed by atoms with E-state index in [1.54, 1.807) is 0 Å². The molecule has 1 rings (SSSR count). The molecular formula is C8H13F4N. The van der Waals surface area contributed by atoms with Crippen LogP contribution in [0.1, 0.15) is 25.7 Å². The van der Waals surface area contributed by atoms with Gasteiger partial charge in [0.05, 0.1) is 6.04 Å². The van der Waals surface area contributed by atoms with Crippen LogP contribution in [0.3, 0.4) is 0 Å². The zero-order valence-electron chi connectivity index (χ0n) is 7.15. The van der Waals surface area contributed by atoms with Crippen LogP contribution in [0.2, 0.25) is 0 Å². The average molecular weight is 199 g/mol. The molecule has 2 N–H and O–H groups in total. The second-order valence-corrected chi connectivity index (χ2v) is 3.70. The van der Waals surface area contributed by atoms with E-state index in [1.807, 2.05) is 0 Å². The van der Waals surface area contributed by atoms with Gasteiger partial charge in [-0.15, -0.1) is 0 Å². The highest BCUT2D eigenvalue weighted by Crippen LogP contribution is 2.40. The summed E-state index contributed by atoms with van der Waals surface area (Å²) in [6, 6.07) is -1.25. The van der Waals surface area contributed by atoms with Crippen molar-refractivity contribution in [3.63, 3.8) is 0 Å². The van der Waals surface area contributed by atoms with Crippen LogP contribution in [-0.2, 0) is 0 Å². The van der Waals surface area contributed by atoms with Gasteiger partial charge in [-0.3, -0.25) is 0 Å². The molecule has 5 heteroatoms. The fourth-order valence-electron chi connectivity index (χ4n) is 1.73. The third-order valence-corrected chi connectivity index (χ3v) is 2.43. The van der Waals surface area contributed by atoms with Crippen LogP contribution in [0, 0.1) is 5.92 Å². The van der Waals surface area contributed by atoms with Gasteiger partial charge >= 0.3 is 0 Å². The molecule has 0 saturated heterocycles.